The lowest BCUT2D eigenvalue weighted by Crippen LogP contribution is -2.04. The van der Waals surface area contributed by atoms with Crippen LogP contribution in [0.25, 0.3) is 20.2 Å². The van der Waals surface area contributed by atoms with Gasteiger partial charge in [0.25, 0.3) is 0 Å². The van der Waals surface area contributed by atoms with Crippen molar-refractivity contribution in [1.82, 2.24) is 0 Å². The molecule has 22 heavy (non-hydrogen) atoms. The summed E-state index contributed by atoms with van der Waals surface area (Å²) in [4.78, 5) is 23.7. The van der Waals surface area contributed by atoms with Crippen molar-refractivity contribution in [1.29, 1.82) is 0 Å². The molecule has 0 atom stereocenters. The summed E-state index contributed by atoms with van der Waals surface area (Å²) in [5.74, 6) is -0.995. The Kier molecular flexibility index (Phi) is 3.65. The Bertz CT molecular complexity index is 959. The van der Waals surface area contributed by atoms with Gasteiger partial charge in [0.1, 0.15) is 0 Å². The molecule has 0 fully saturated rings. The van der Waals surface area contributed by atoms with Crippen molar-refractivity contribution in [3.63, 3.8) is 0 Å². The van der Waals surface area contributed by atoms with Crippen LogP contribution in [-0.2, 0) is 0 Å². The molecule has 3 rings (SSSR count). The molecule has 0 amide bonds. The number of carboxylic acid groups (broad SMARTS) is 1. The van der Waals surface area contributed by atoms with Gasteiger partial charge < -0.3 is 10.4 Å². The number of hydrogen-bond donors (Lipinski definition) is 2. The average Bonchev–Trinajstić information content (AvgIpc) is 2.52. The lowest BCUT2D eigenvalue weighted by molar-refractivity contribution is 0.0697. The molecule has 110 valence electrons. The van der Waals surface area contributed by atoms with E-state index in [-0.39, 0.29) is 11.0 Å². The summed E-state index contributed by atoms with van der Waals surface area (Å²) in [6, 6.07) is 10.2. The fourth-order valence-electron chi connectivity index (χ4n) is 2.29. The Hall–Kier alpha value is -2.66. The quantitative estimate of drug-likeness (QED) is 0.569. The molecule has 0 saturated carbocycles. The second kappa shape index (κ2) is 5.61. The zero-order valence-corrected chi connectivity index (χ0v) is 12.4. The molecule has 0 bridgehead atoms. The van der Waals surface area contributed by atoms with E-state index in [9.17, 15) is 9.59 Å². The van der Waals surface area contributed by atoms with E-state index in [2.05, 4.69) is 11.9 Å². The van der Waals surface area contributed by atoms with E-state index in [0.29, 0.717) is 22.0 Å². The van der Waals surface area contributed by atoms with Crippen molar-refractivity contribution in [2.24, 2.45) is 0 Å². The highest BCUT2D eigenvalue weighted by Crippen LogP contribution is 2.27. The van der Waals surface area contributed by atoms with Crippen molar-refractivity contribution in [2.45, 2.75) is 0 Å². The van der Waals surface area contributed by atoms with Crippen LogP contribution in [0, 0.1) is 0 Å². The molecule has 3 aromatic rings. The van der Waals surface area contributed by atoms with Gasteiger partial charge in [0.2, 0.25) is 0 Å². The Labute approximate surface area is 130 Å². The molecule has 4 nitrogen and oxygen atoms in total. The molecular formula is C17H13NO3S. The topological polar surface area (TPSA) is 66.4 Å². The van der Waals surface area contributed by atoms with Crippen LogP contribution in [0.1, 0.15) is 10.4 Å². The SMILES string of the molecule is C=CCNc1ccc2sc3cc(C(=O)O)ccc3c(=O)c2c1. The number of hydrogen-bond acceptors (Lipinski definition) is 4. The molecule has 0 aliphatic carbocycles. The molecule has 0 radical (unpaired) electrons. The van der Waals surface area contributed by atoms with E-state index in [1.54, 1.807) is 18.2 Å². The van der Waals surface area contributed by atoms with Gasteiger partial charge in [-0.25, -0.2) is 4.79 Å². The van der Waals surface area contributed by atoms with Crippen LogP contribution in [0.4, 0.5) is 5.69 Å². The maximum atomic E-state index is 12.6. The number of carboxylic acids is 1. The highest BCUT2D eigenvalue weighted by atomic mass is 32.1. The monoisotopic (exact) mass is 311 g/mol. The second-order valence-corrected chi connectivity index (χ2v) is 5.91. The van der Waals surface area contributed by atoms with Crippen LogP contribution < -0.4 is 10.7 Å². The summed E-state index contributed by atoms with van der Waals surface area (Å²) in [7, 11) is 0. The number of nitrogens with one attached hydrogen (secondary N) is 1. The molecule has 0 unspecified atom stereocenters. The maximum absolute atomic E-state index is 12.6. The Morgan fingerprint density at radius 2 is 2.00 bits per heavy atom. The number of benzene rings is 2. The van der Waals surface area contributed by atoms with Crippen molar-refractivity contribution < 1.29 is 9.90 Å². The first-order chi connectivity index (χ1) is 10.6. The van der Waals surface area contributed by atoms with E-state index >= 15 is 0 Å². The minimum absolute atomic E-state index is 0.0806. The standard InChI is InChI=1S/C17H13NO3S/c1-2-7-18-11-4-6-14-13(9-11)16(19)12-5-3-10(17(20)21)8-15(12)22-14/h2-6,8-9,18H,1,7H2,(H,20,21). The van der Waals surface area contributed by atoms with Gasteiger partial charge in [-0.15, -0.1) is 17.9 Å². The number of aromatic carboxylic acids is 1. The van der Waals surface area contributed by atoms with E-state index in [0.717, 1.165) is 10.4 Å². The van der Waals surface area contributed by atoms with Crippen molar-refractivity contribution >= 4 is 43.2 Å². The van der Waals surface area contributed by atoms with Crippen LogP contribution in [-0.4, -0.2) is 17.6 Å². The van der Waals surface area contributed by atoms with Gasteiger partial charge in [0, 0.05) is 32.4 Å². The lowest BCUT2D eigenvalue weighted by Gasteiger charge is -2.06. The highest BCUT2D eigenvalue weighted by molar-refractivity contribution is 7.24. The molecule has 0 spiro atoms. The average molecular weight is 311 g/mol. The molecule has 2 aromatic carbocycles. The third-order valence-corrected chi connectivity index (χ3v) is 4.50. The summed E-state index contributed by atoms with van der Waals surface area (Å²) in [5.41, 5.74) is 0.966. The number of fused-ring (bicyclic) bond motifs is 2. The lowest BCUT2D eigenvalue weighted by atomic mass is 10.1. The molecule has 0 aliphatic heterocycles. The van der Waals surface area contributed by atoms with Crippen molar-refractivity contribution in [3.8, 4) is 0 Å². The Morgan fingerprint density at radius 3 is 2.73 bits per heavy atom. The Balaban J connectivity index is 2.24. The molecular weight excluding hydrogens is 298 g/mol. The minimum atomic E-state index is -0.995. The fourth-order valence-corrected chi connectivity index (χ4v) is 3.38. The van der Waals surface area contributed by atoms with Gasteiger partial charge in [-0.3, -0.25) is 4.79 Å². The van der Waals surface area contributed by atoms with Crippen molar-refractivity contribution in [2.75, 3.05) is 11.9 Å². The molecule has 0 saturated heterocycles. The zero-order chi connectivity index (χ0) is 15.7. The van der Waals surface area contributed by atoms with E-state index in [4.69, 9.17) is 5.11 Å². The molecule has 5 heteroatoms. The summed E-state index contributed by atoms with van der Waals surface area (Å²) >= 11 is 1.42. The van der Waals surface area contributed by atoms with Crippen LogP contribution in [0.5, 0.6) is 0 Å². The van der Waals surface area contributed by atoms with E-state index in [1.807, 2.05) is 18.2 Å². The highest BCUT2D eigenvalue weighted by Gasteiger charge is 2.10. The fraction of sp³-hybridized carbons (Fsp3) is 0.0588. The maximum Gasteiger partial charge on any atom is 0.335 e. The normalized spacial score (nSPS) is 10.7. The predicted octanol–water partition coefficient (Wildman–Crippen LogP) is 3.71. The largest absolute Gasteiger partial charge is 0.478 e. The smallest absolute Gasteiger partial charge is 0.335 e. The third kappa shape index (κ3) is 2.46. The van der Waals surface area contributed by atoms with Gasteiger partial charge in [0.05, 0.1) is 5.56 Å². The first kappa shape index (κ1) is 14.3. The molecule has 0 aliphatic rings. The van der Waals surface area contributed by atoms with Crippen LogP contribution in [0.3, 0.4) is 0 Å². The van der Waals surface area contributed by atoms with Crippen molar-refractivity contribution in [3.05, 3.63) is 64.8 Å². The number of anilines is 1. The number of rotatable bonds is 4. The first-order valence-electron chi connectivity index (χ1n) is 6.69. The summed E-state index contributed by atoms with van der Waals surface area (Å²) < 4.78 is 1.52. The van der Waals surface area contributed by atoms with E-state index < -0.39 is 5.97 Å². The summed E-state index contributed by atoms with van der Waals surface area (Å²) in [6.07, 6.45) is 1.75. The van der Waals surface area contributed by atoms with Gasteiger partial charge in [-0.1, -0.05) is 6.08 Å². The van der Waals surface area contributed by atoms with Gasteiger partial charge in [-0.2, -0.15) is 0 Å². The van der Waals surface area contributed by atoms with Gasteiger partial charge >= 0.3 is 5.97 Å². The summed E-state index contributed by atoms with van der Waals surface area (Å²) in [5, 5.41) is 13.4. The second-order valence-electron chi connectivity index (χ2n) is 4.83. The van der Waals surface area contributed by atoms with Gasteiger partial charge in [-0.05, 0) is 36.4 Å². The first-order valence-corrected chi connectivity index (χ1v) is 7.50. The Morgan fingerprint density at radius 1 is 1.18 bits per heavy atom. The van der Waals surface area contributed by atoms with Gasteiger partial charge in [0.15, 0.2) is 5.43 Å². The van der Waals surface area contributed by atoms with E-state index in [1.165, 1.54) is 17.4 Å². The van der Waals surface area contributed by atoms with Crippen LogP contribution in [0.15, 0.2) is 53.8 Å². The van der Waals surface area contributed by atoms with Crippen LogP contribution in [0.2, 0.25) is 0 Å². The number of carbonyl (C=O) groups is 1. The van der Waals surface area contributed by atoms with Crippen LogP contribution >= 0.6 is 11.3 Å². The predicted molar refractivity (Wildman–Crippen MR) is 91.2 cm³/mol. The molecule has 2 N–H and O–H groups in total. The molecule has 1 aromatic heterocycles. The minimum Gasteiger partial charge on any atom is -0.478 e. The third-order valence-electron chi connectivity index (χ3n) is 3.37. The summed E-state index contributed by atoms with van der Waals surface area (Å²) in [6.45, 7) is 4.27. The molecule has 1 heterocycles. The zero-order valence-electron chi connectivity index (χ0n) is 11.6.